The predicted octanol–water partition coefficient (Wildman–Crippen LogP) is 2.39. The van der Waals surface area contributed by atoms with Crippen molar-refractivity contribution in [1.82, 2.24) is 14.7 Å². The Morgan fingerprint density at radius 3 is 2.73 bits per heavy atom. The van der Waals surface area contributed by atoms with Crippen molar-refractivity contribution < 1.29 is 19.1 Å². The molecule has 4 rings (SSSR count). The van der Waals surface area contributed by atoms with Crippen LogP contribution in [0.2, 0.25) is 0 Å². The highest BCUT2D eigenvalue weighted by Crippen LogP contribution is 2.39. The van der Waals surface area contributed by atoms with Gasteiger partial charge in [0.05, 0.1) is 35.6 Å². The van der Waals surface area contributed by atoms with Crippen LogP contribution in [0.25, 0.3) is 0 Å². The first-order valence-corrected chi connectivity index (χ1v) is 10.2. The van der Waals surface area contributed by atoms with Gasteiger partial charge in [-0.3, -0.25) is 19.1 Å². The number of ether oxygens (including phenoxy) is 1. The van der Waals surface area contributed by atoms with Crippen molar-refractivity contribution in [2.45, 2.75) is 45.1 Å². The molecule has 1 saturated heterocycles. The molecule has 1 atom stereocenters. The van der Waals surface area contributed by atoms with Gasteiger partial charge in [-0.1, -0.05) is 12.1 Å². The Hall–Kier alpha value is -3.16. The zero-order valence-corrected chi connectivity index (χ0v) is 17.5. The third kappa shape index (κ3) is 3.69. The summed E-state index contributed by atoms with van der Waals surface area (Å²) in [6, 6.07) is 7.23. The Labute approximate surface area is 175 Å². The number of carbonyl (C=O) groups excluding carboxylic acids is 3. The smallest absolute Gasteiger partial charge is 0.244 e. The number of likely N-dealkylation sites (tertiary alicyclic amines) is 1. The average molecular weight is 410 g/mol. The molecule has 0 unspecified atom stereocenters. The normalized spacial score (nSPS) is 21.2. The monoisotopic (exact) mass is 410 g/mol. The van der Waals surface area contributed by atoms with Crippen LogP contribution in [-0.2, 0) is 16.6 Å². The fraction of sp³-hybridized carbons (Fsp3) is 0.455. The van der Waals surface area contributed by atoms with Crippen molar-refractivity contribution in [2.75, 3.05) is 18.4 Å². The molecular weight excluding hydrogens is 384 g/mol. The molecule has 0 bridgehead atoms. The number of nitrogens with zero attached hydrogens (tertiary/aromatic N) is 3. The van der Waals surface area contributed by atoms with Crippen LogP contribution in [-0.4, -0.2) is 51.0 Å². The molecule has 1 aromatic heterocycles. The molecule has 2 aromatic rings. The highest BCUT2D eigenvalue weighted by atomic mass is 16.5. The summed E-state index contributed by atoms with van der Waals surface area (Å²) < 4.78 is 7.94. The Bertz CT molecular complexity index is 1030. The summed E-state index contributed by atoms with van der Waals surface area (Å²) in [6.45, 7) is 4.05. The van der Waals surface area contributed by atoms with Gasteiger partial charge < -0.3 is 15.0 Å². The second-order valence-corrected chi connectivity index (χ2v) is 8.16. The number of rotatable bonds is 3. The maximum absolute atomic E-state index is 12.7. The quantitative estimate of drug-likeness (QED) is 0.839. The Morgan fingerprint density at radius 1 is 1.23 bits per heavy atom. The molecule has 2 aliphatic heterocycles. The predicted molar refractivity (Wildman–Crippen MR) is 110 cm³/mol. The van der Waals surface area contributed by atoms with E-state index >= 15 is 0 Å². The van der Waals surface area contributed by atoms with Crippen molar-refractivity contribution >= 4 is 23.3 Å². The minimum atomic E-state index is -0.692. The van der Waals surface area contributed by atoms with Gasteiger partial charge in [-0.2, -0.15) is 5.10 Å². The number of carbonyl (C=O) groups is 3. The van der Waals surface area contributed by atoms with E-state index in [1.807, 2.05) is 33.0 Å². The van der Waals surface area contributed by atoms with Gasteiger partial charge in [0, 0.05) is 26.4 Å². The summed E-state index contributed by atoms with van der Waals surface area (Å²) in [7, 11) is 1.82. The van der Waals surface area contributed by atoms with Crippen LogP contribution in [0, 0.1) is 13.8 Å². The lowest BCUT2D eigenvalue weighted by molar-refractivity contribution is -0.134. The van der Waals surface area contributed by atoms with E-state index in [0.717, 1.165) is 11.4 Å². The molecule has 0 saturated carbocycles. The Balaban J connectivity index is 1.44. The SMILES string of the molecule is Cc1nn(C)c(C)c1NC(=O)CN1CC[C@@]2(CCC1=O)CC(=O)c1ccccc1O2. The largest absolute Gasteiger partial charge is 0.486 e. The maximum Gasteiger partial charge on any atom is 0.244 e. The number of aromatic nitrogens is 2. The number of hydrogen-bond donors (Lipinski definition) is 1. The first-order valence-electron chi connectivity index (χ1n) is 10.2. The number of Topliss-reactive ketones (excluding diaryl/α,β-unsaturated/α-hetero) is 1. The van der Waals surface area contributed by atoms with Crippen molar-refractivity contribution in [1.29, 1.82) is 0 Å². The molecule has 2 aliphatic rings. The lowest BCUT2D eigenvalue weighted by Crippen LogP contribution is -2.43. The summed E-state index contributed by atoms with van der Waals surface area (Å²) in [5.41, 5.74) is 2.17. The number of ketones is 1. The van der Waals surface area contributed by atoms with Gasteiger partial charge in [-0.25, -0.2) is 0 Å². The van der Waals surface area contributed by atoms with E-state index in [9.17, 15) is 14.4 Å². The first-order chi connectivity index (χ1) is 14.3. The van der Waals surface area contributed by atoms with Crippen molar-refractivity contribution in [3.05, 3.63) is 41.2 Å². The van der Waals surface area contributed by atoms with Crippen LogP contribution in [0.15, 0.2) is 24.3 Å². The number of aryl methyl sites for hydroxylation is 2. The fourth-order valence-corrected chi connectivity index (χ4v) is 4.28. The molecule has 0 radical (unpaired) electrons. The van der Waals surface area contributed by atoms with E-state index in [1.165, 1.54) is 0 Å². The molecule has 8 nitrogen and oxygen atoms in total. The van der Waals surface area contributed by atoms with Crippen molar-refractivity contribution in [3.63, 3.8) is 0 Å². The summed E-state index contributed by atoms with van der Waals surface area (Å²) >= 11 is 0. The van der Waals surface area contributed by atoms with E-state index in [-0.39, 0.29) is 37.0 Å². The van der Waals surface area contributed by atoms with E-state index in [2.05, 4.69) is 10.4 Å². The molecule has 1 N–H and O–H groups in total. The van der Waals surface area contributed by atoms with Crippen molar-refractivity contribution in [3.8, 4) is 5.75 Å². The molecule has 1 spiro atoms. The van der Waals surface area contributed by atoms with Crippen LogP contribution >= 0.6 is 0 Å². The fourth-order valence-electron chi connectivity index (χ4n) is 4.28. The molecule has 1 fully saturated rings. The first kappa shape index (κ1) is 20.1. The molecule has 0 aliphatic carbocycles. The highest BCUT2D eigenvalue weighted by molar-refractivity contribution is 6.00. The number of anilines is 1. The van der Waals surface area contributed by atoms with Crippen LogP contribution in [0.3, 0.4) is 0 Å². The number of hydrogen-bond acceptors (Lipinski definition) is 5. The van der Waals surface area contributed by atoms with Gasteiger partial charge in [-0.15, -0.1) is 0 Å². The zero-order chi connectivity index (χ0) is 21.5. The highest BCUT2D eigenvalue weighted by Gasteiger charge is 2.43. The second-order valence-electron chi connectivity index (χ2n) is 8.16. The minimum Gasteiger partial charge on any atom is -0.486 e. The minimum absolute atomic E-state index is 0.0345. The van der Waals surface area contributed by atoms with Crippen LogP contribution in [0.1, 0.15) is 47.4 Å². The Kier molecular flexibility index (Phi) is 5.09. The van der Waals surface area contributed by atoms with E-state index in [0.29, 0.717) is 36.4 Å². The van der Waals surface area contributed by atoms with Gasteiger partial charge in [-0.05, 0) is 32.4 Å². The standard InChI is InChI=1S/C22H26N4O4/c1-14-21(15(2)25(3)24-14)23-19(28)13-26-11-10-22(9-8-20(26)29)12-17(27)16-6-4-5-7-18(16)30-22/h4-7H,8-13H2,1-3H3,(H,23,28)/t22-/m0/s1. The van der Waals surface area contributed by atoms with Gasteiger partial charge in [0.25, 0.3) is 0 Å². The van der Waals surface area contributed by atoms with E-state index in [4.69, 9.17) is 4.74 Å². The summed E-state index contributed by atoms with van der Waals surface area (Å²) in [6.07, 6.45) is 1.47. The lowest BCUT2D eigenvalue weighted by atomic mass is 9.84. The number of benzene rings is 1. The van der Waals surface area contributed by atoms with Gasteiger partial charge in [0.15, 0.2) is 5.78 Å². The molecule has 2 amide bonds. The van der Waals surface area contributed by atoms with Crippen molar-refractivity contribution in [2.24, 2.45) is 7.05 Å². The maximum atomic E-state index is 12.7. The molecule has 30 heavy (non-hydrogen) atoms. The molecule has 158 valence electrons. The summed E-state index contributed by atoms with van der Waals surface area (Å²) in [4.78, 5) is 39.5. The zero-order valence-electron chi connectivity index (χ0n) is 17.5. The number of fused-ring (bicyclic) bond motifs is 1. The van der Waals surface area contributed by atoms with Gasteiger partial charge in [0.2, 0.25) is 11.8 Å². The summed E-state index contributed by atoms with van der Waals surface area (Å²) in [5.74, 6) is 0.258. The van der Waals surface area contributed by atoms with E-state index < -0.39 is 5.60 Å². The van der Waals surface area contributed by atoms with Gasteiger partial charge in [0.1, 0.15) is 11.4 Å². The lowest BCUT2D eigenvalue weighted by Gasteiger charge is -2.37. The molecule has 8 heteroatoms. The van der Waals surface area contributed by atoms with Crippen LogP contribution in [0.5, 0.6) is 5.75 Å². The number of nitrogens with one attached hydrogen (secondary N) is 1. The van der Waals surface area contributed by atoms with Crippen LogP contribution < -0.4 is 10.1 Å². The van der Waals surface area contributed by atoms with Crippen LogP contribution in [0.4, 0.5) is 5.69 Å². The summed E-state index contributed by atoms with van der Waals surface area (Å²) in [5, 5.41) is 7.17. The average Bonchev–Trinajstić information content (AvgIpc) is 2.86. The Morgan fingerprint density at radius 2 is 2.00 bits per heavy atom. The third-order valence-corrected chi connectivity index (χ3v) is 6.09. The second kappa shape index (κ2) is 7.59. The number of para-hydroxylation sites is 1. The number of amides is 2. The molecular formula is C22H26N4O4. The molecule has 1 aromatic carbocycles. The topological polar surface area (TPSA) is 93.5 Å². The third-order valence-electron chi connectivity index (χ3n) is 6.09. The molecule has 3 heterocycles. The van der Waals surface area contributed by atoms with E-state index in [1.54, 1.807) is 21.7 Å². The van der Waals surface area contributed by atoms with Gasteiger partial charge >= 0.3 is 0 Å².